The van der Waals surface area contributed by atoms with Crippen LogP contribution in [0.15, 0.2) is 0 Å². The first kappa shape index (κ1) is 19.6. The van der Waals surface area contributed by atoms with Crippen LogP contribution in [-0.2, 0) is 4.79 Å². The van der Waals surface area contributed by atoms with Gasteiger partial charge in [0.15, 0.2) is 0 Å². The summed E-state index contributed by atoms with van der Waals surface area (Å²) in [5, 5.41) is 10.4. The highest BCUT2D eigenvalue weighted by molar-refractivity contribution is 5.81. The fraction of sp³-hybridized carbons (Fsp3) is 0.944. The van der Waals surface area contributed by atoms with Crippen molar-refractivity contribution in [2.24, 2.45) is 0 Å². The van der Waals surface area contributed by atoms with Crippen molar-refractivity contribution >= 4 is 5.91 Å². The quantitative estimate of drug-likeness (QED) is 0.755. The van der Waals surface area contributed by atoms with Crippen LogP contribution in [0.5, 0.6) is 0 Å². The number of carbonyl (C=O) groups is 1. The van der Waals surface area contributed by atoms with Gasteiger partial charge in [-0.3, -0.25) is 14.6 Å². The largest absolute Gasteiger partial charge is 0.390 e. The molecule has 6 heteroatoms. The number of aliphatic hydroxyl groups is 1. The first-order valence-corrected chi connectivity index (χ1v) is 9.55. The van der Waals surface area contributed by atoms with Crippen molar-refractivity contribution < 1.29 is 9.90 Å². The van der Waals surface area contributed by atoms with E-state index in [1.165, 1.54) is 25.7 Å². The van der Waals surface area contributed by atoms with E-state index < -0.39 is 6.10 Å². The Morgan fingerprint density at radius 1 is 1.04 bits per heavy atom. The Kier molecular flexibility index (Phi) is 7.94. The van der Waals surface area contributed by atoms with Crippen molar-refractivity contribution in [1.29, 1.82) is 0 Å². The fourth-order valence-electron chi connectivity index (χ4n) is 3.75. The van der Waals surface area contributed by atoms with Gasteiger partial charge in [0.05, 0.1) is 12.1 Å². The lowest BCUT2D eigenvalue weighted by molar-refractivity contribution is -0.136. The zero-order chi connectivity index (χ0) is 17.5. The van der Waals surface area contributed by atoms with Crippen LogP contribution >= 0.6 is 0 Å². The molecule has 0 aromatic heterocycles. The van der Waals surface area contributed by atoms with Crippen LogP contribution in [0, 0.1) is 0 Å². The van der Waals surface area contributed by atoms with Crippen molar-refractivity contribution in [2.75, 3.05) is 66.5 Å². The molecule has 2 rings (SSSR count). The Bertz CT molecular complexity index is 377. The van der Waals surface area contributed by atoms with Crippen LogP contribution < -0.4 is 0 Å². The van der Waals surface area contributed by atoms with Crippen molar-refractivity contribution in [1.82, 2.24) is 19.6 Å². The van der Waals surface area contributed by atoms with Crippen LogP contribution in [0.1, 0.15) is 32.6 Å². The standard InChI is InChI=1S/C18H36N4O2/c1-16(22-8-6-4-5-7-9-22)18(24)20(3)14-17(23)15-21-12-10-19(2)11-13-21/h16-17,23H,4-15H2,1-3H3. The number of likely N-dealkylation sites (tertiary alicyclic amines) is 1. The molecular formula is C18H36N4O2. The third-order valence-electron chi connectivity index (χ3n) is 5.47. The van der Waals surface area contributed by atoms with E-state index in [-0.39, 0.29) is 11.9 Å². The molecule has 140 valence electrons. The molecule has 2 heterocycles. The second-order valence-corrected chi connectivity index (χ2v) is 7.60. The Morgan fingerprint density at radius 3 is 2.21 bits per heavy atom. The molecule has 6 nitrogen and oxygen atoms in total. The van der Waals surface area contributed by atoms with Crippen molar-refractivity contribution in [2.45, 2.75) is 44.8 Å². The molecule has 24 heavy (non-hydrogen) atoms. The summed E-state index contributed by atoms with van der Waals surface area (Å²) in [6.45, 7) is 9.21. The average Bonchev–Trinajstić information content (AvgIpc) is 2.84. The number of likely N-dealkylation sites (N-methyl/N-ethyl adjacent to an activating group) is 2. The topological polar surface area (TPSA) is 50.3 Å². The Labute approximate surface area is 147 Å². The van der Waals surface area contributed by atoms with Crippen LogP contribution in [0.3, 0.4) is 0 Å². The molecule has 2 unspecified atom stereocenters. The van der Waals surface area contributed by atoms with Gasteiger partial charge >= 0.3 is 0 Å². The van der Waals surface area contributed by atoms with Crippen LogP contribution in [-0.4, -0.2) is 109 Å². The molecule has 2 aliphatic rings. The lowest BCUT2D eigenvalue weighted by atomic mass is 10.2. The molecule has 0 spiro atoms. The molecular weight excluding hydrogens is 304 g/mol. The van der Waals surface area contributed by atoms with Gasteiger partial charge in [-0.05, 0) is 39.9 Å². The highest BCUT2D eigenvalue weighted by Gasteiger charge is 2.26. The molecule has 0 saturated carbocycles. The summed E-state index contributed by atoms with van der Waals surface area (Å²) in [6, 6.07) is -0.0797. The van der Waals surface area contributed by atoms with E-state index in [4.69, 9.17) is 0 Å². The van der Waals surface area contributed by atoms with Gasteiger partial charge in [-0.2, -0.15) is 0 Å². The monoisotopic (exact) mass is 340 g/mol. The predicted molar refractivity (Wildman–Crippen MR) is 97.1 cm³/mol. The number of hydrogen-bond acceptors (Lipinski definition) is 5. The SMILES string of the molecule is CC(C(=O)N(C)CC(O)CN1CCN(C)CC1)N1CCCCCC1. The molecule has 2 aliphatic heterocycles. The number of hydrogen-bond donors (Lipinski definition) is 1. The van der Waals surface area contributed by atoms with E-state index in [0.717, 1.165) is 39.3 Å². The number of nitrogens with zero attached hydrogens (tertiary/aromatic N) is 4. The highest BCUT2D eigenvalue weighted by atomic mass is 16.3. The summed E-state index contributed by atoms with van der Waals surface area (Å²) in [5.74, 6) is 0.134. The molecule has 2 fully saturated rings. The average molecular weight is 341 g/mol. The summed E-state index contributed by atoms with van der Waals surface area (Å²) >= 11 is 0. The maximum atomic E-state index is 12.7. The minimum absolute atomic E-state index is 0.0797. The zero-order valence-electron chi connectivity index (χ0n) is 15.8. The Morgan fingerprint density at radius 2 is 1.62 bits per heavy atom. The van der Waals surface area contributed by atoms with Crippen LogP contribution in [0.4, 0.5) is 0 Å². The minimum Gasteiger partial charge on any atom is -0.390 e. The fourth-order valence-corrected chi connectivity index (χ4v) is 3.75. The lowest BCUT2D eigenvalue weighted by Gasteiger charge is -2.35. The van der Waals surface area contributed by atoms with Gasteiger partial charge in [-0.1, -0.05) is 12.8 Å². The lowest BCUT2D eigenvalue weighted by Crippen LogP contribution is -2.51. The molecule has 0 bridgehead atoms. The molecule has 0 radical (unpaired) electrons. The van der Waals surface area contributed by atoms with E-state index in [1.54, 1.807) is 4.90 Å². The van der Waals surface area contributed by atoms with Crippen molar-refractivity contribution in [3.63, 3.8) is 0 Å². The first-order chi connectivity index (χ1) is 11.5. The Balaban J connectivity index is 1.75. The normalized spacial score (nSPS) is 24.3. The van der Waals surface area contributed by atoms with Crippen LogP contribution in [0.25, 0.3) is 0 Å². The maximum absolute atomic E-state index is 12.7. The third kappa shape index (κ3) is 5.99. The summed E-state index contributed by atoms with van der Waals surface area (Å²) in [4.78, 5) is 21.3. The smallest absolute Gasteiger partial charge is 0.239 e. The van der Waals surface area contributed by atoms with Gasteiger partial charge in [0, 0.05) is 46.3 Å². The number of β-amino-alcohol motifs (C(OH)–C–C–N with tert-alkyl or cyclic N) is 1. The van der Waals surface area contributed by atoms with E-state index in [1.807, 2.05) is 14.0 Å². The Hall–Kier alpha value is -0.690. The first-order valence-electron chi connectivity index (χ1n) is 9.55. The molecule has 2 atom stereocenters. The molecule has 1 N–H and O–H groups in total. The molecule has 0 aliphatic carbocycles. The van der Waals surface area contributed by atoms with E-state index in [0.29, 0.717) is 13.1 Å². The van der Waals surface area contributed by atoms with Gasteiger partial charge in [0.1, 0.15) is 0 Å². The third-order valence-corrected chi connectivity index (χ3v) is 5.47. The number of carbonyl (C=O) groups excluding carboxylic acids is 1. The number of rotatable bonds is 6. The van der Waals surface area contributed by atoms with E-state index in [2.05, 4.69) is 21.7 Å². The van der Waals surface area contributed by atoms with Gasteiger partial charge in [0.2, 0.25) is 5.91 Å². The predicted octanol–water partition coefficient (Wildman–Crippen LogP) is 0.318. The van der Waals surface area contributed by atoms with Gasteiger partial charge < -0.3 is 14.9 Å². The van der Waals surface area contributed by atoms with Crippen LogP contribution in [0.2, 0.25) is 0 Å². The molecule has 0 aromatic carbocycles. The number of aliphatic hydroxyl groups excluding tert-OH is 1. The summed E-state index contributed by atoms with van der Waals surface area (Å²) in [7, 11) is 3.95. The second kappa shape index (κ2) is 9.70. The summed E-state index contributed by atoms with van der Waals surface area (Å²) < 4.78 is 0. The van der Waals surface area contributed by atoms with Crippen molar-refractivity contribution in [3.8, 4) is 0 Å². The highest BCUT2D eigenvalue weighted by Crippen LogP contribution is 2.14. The minimum atomic E-state index is -0.473. The molecule has 2 saturated heterocycles. The summed E-state index contributed by atoms with van der Waals surface area (Å²) in [5.41, 5.74) is 0. The van der Waals surface area contributed by atoms with Gasteiger partial charge in [-0.25, -0.2) is 0 Å². The zero-order valence-corrected chi connectivity index (χ0v) is 15.8. The number of amides is 1. The van der Waals surface area contributed by atoms with Gasteiger partial charge in [0.25, 0.3) is 0 Å². The molecule has 0 aromatic rings. The summed E-state index contributed by atoms with van der Waals surface area (Å²) in [6.07, 6.45) is 4.45. The van der Waals surface area contributed by atoms with E-state index in [9.17, 15) is 9.90 Å². The second-order valence-electron chi connectivity index (χ2n) is 7.60. The van der Waals surface area contributed by atoms with Gasteiger partial charge in [-0.15, -0.1) is 0 Å². The molecule has 1 amide bonds. The van der Waals surface area contributed by atoms with E-state index >= 15 is 0 Å². The number of piperazine rings is 1. The maximum Gasteiger partial charge on any atom is 0.239 e. The van der Waals surface area contributed by atoms with Crippen molar-refractivity contribution in [3.05, 3.63) is 0 Å².